The van der Waals surface area contributed by atoms with Crippen molar-refractivity contribution in [3.8, 4) is 0 Å². The molecule has 98 valence electrons. The van der Waals surface area contributed by atoms with Gasteiger partial charge in [-0.05, 0) is 26.7 Å². The van der Waals surface area contributed by atoms with Crippen LogP contribution in [0.4, 0.5) is 0 Å². The van der Waals surface area contributed by atoms with Crippen LogP contribution < -0.4 is 0 Å². The van der Waals surface area contributed by atoms with E-state index in [0.717, 1.165) is 12.8 Å². The lowest BCUT2D eigenvalue weighted by Gasteiger charge is -2.24. The maximum atomic E-state index is 11.3. The highest BCUT2D eigenvalue weighted by Crippen LogP contribution is 2.12. The summed E-state index contributed by atoms with van der Waals surface area (Å²) in [6.07, 6.45) is 1.75. The molecule has 0 aliphatic carbocycles. The summed E-state index contributed by atoms with van der Waals surface area (Å²) < 4.78 is 15.6. The molecular formula is C12H20O5. The summed E-state index contributed by atoms with van der Waals surface area (Å²) in [6, 6.07) is 0. The van der Waals surface area contributed by atoms with E-state index in [9.17, 15) is 9.59 Å². The lowest BCUT2D eigenvalue weighted by molar-refractivity contribution is -0.155. The van der Waals surface area contributed by atoms with Gasteiger partial charge >= 0.3 is 11.9 Å². The van der Waals surface area contributed by atoms with E-state index >= 15 is 0 Å². The van der Waals surface area contributed by atoms with Crippen molar-refractivity contribution in [3.63, 3.8) is 0 Å². The molecule has 1 fully saturated rings. The van der Waals surface area contributed by atoms with Gasteiger partial charge in [-0.1, -0.05) is 0 Å². The maximum Gasteiger partial charge on any atom is 0.306 e. The Morgan fingerprint density at radius 3 is 2.24 bits per heavy atom. The number of hydrogen-bond donors (Lipinski definition) is 0. The molecule has 0 aromatic carbocycles. The molecule has 1 aliphatic rings. The first-order chi connectivity index (χ1) is 7.99. The van der Waals surface area contributed by atoms with Crippen LogP contribution in [0, 0.1) is 0 Å². The lowest BCUT2D eigenvalue weighted by Crippen LogP contribution is -2.32. The number of carbonyl (C=O) groups is 2. The van der Waals surface area contributed by atoms with Crippen molar-refractivity contribution in [1.82, 2.24) is 0 Å². The molecule has 1 saturated heterocycles. The summed E-state index contributed by atoms with van der Waals surface area (Å²) >= 11 is 0. The molecule has 1 rings (SSSR count). The minimum atomic E-state index is -0.478. The fourth-order valence-corrected chi connectivity index (χ4v) is 1.38. The zero-order valence-corrected chi connectivity index (χ0v) is 10.5. The number of esters is 2. The van der Waals surface area contributed by atoms with E-state index in [-0.39, 0.29) is 25.4 Å². The molecule has 0 spiro atoms. The second-order valence-electron chi connectivity index (χ2n) is 4.70. The quantitative estimate of drug-likeness (QED) is 0.603. The Morgan fingerprint density at radius 1 is 0.941 bits per heavy atom. The van der Waals surface area contributed by atoms with E-state index in [0.29, 0.717) is 13.2 Å². The Labute approximate surface area is 101 Å². The highest BCUT2D eigenvalue weighted by Gasteiger charge is 2.21. The third kappa shape index (κ3) is 6.26. The largest absolute Gasteiger partial charge is 0.466 e. The fraction of sp³-hybridized carbons (Fsp3) is 0.833. The molecule has 0 aromatic heterocycles. The van der Waals surface area contributed by atoms with Crippen molar-refractivity contribution in [1.29, 1.82) is 0 Å². The van der Waals surface area contributed by atoms with Crippen molar-refractivity contribution in [2.75, 3.05) is 19.8 Å². The molecule has 5 nitrogen and oxygen atoms in total. The molecule has 0 saturated carbocycles. The summed E-state index contributed by atoms with van der Waals surface area (Å²) in [5.74, 6) is -0.737. The second-order valence-corrected chi connectivity index (χ2v) is 4.70. The average molecular weight is 244 g/mol. The van der Waals surface area contributed by atoms with Crippen LogP contribution in [0.3, 0.4) is 0 Å². The van der Waals surface area contributed by atoms with Gasteiger partial charge < -0.3 is 14.2 Å². The topological polar surface area (TPSA) is 61.8 Å². The monoisotopic (exact) mass is 244 g/mol. The van der Waals surface area contributed by atoms with Crippen molar-refractivity contribution in [2.24, 2.45) is 0 Å². The van der Waals surface area contributed by atoms with E-state index in [4.69, 9.17) is 14.2 Å². The highest BCUT2D eigenvalue weighted by molar-refractivity contribution is 5.77. The molecule has 0 unspecified atom stereocenters. The number of carbonyl (C=O) groups excluding carboxylic acids is 2. The summed E-state index contributed by atoms with van der Waals surface area (Å²) in [5, 5.41) is 0. The zero-order chi connectivity index (χ0) is 12.7. The van der Waals surface area contributed by atoms with E-state index in [1.54, 1.807) is 0 Å². The zero-order valence-electron chi connectivity index (χ0n) is 10.5. The Hall–Kier alpha value is -1.10. The smallest absolute Gasteiger partial charge is 0.306 e. The van der Waals surface area contributed by atoms with Crippen LogP contribution in [0.2, 0.25) is 0 Å². The Kier molecular flexibility index (Phi) is 5.41. The molecule has 0 aromatic rings. The first-order valence-corrected chi connectivity index (χ1v) is 5.95. The number of rotatable bonds is 0. The molecular weight excluding hydrogens is 224 g/mol. The minimum absolute atomic E-state index is 0.0644. The lowest BCUT2D eigenvalue weighted by atomic mass is 10.1. The standard InChI is InChI=1S/C12H20O5/c1-12(2)9-16-11(14)6-5-10(13)15-7-3-4-8-17-12/h3-9H2,1-2H3. The minimum Gasteiger partial charge on any atom is -0.466 e. The van der Waals surface area contributed by atoms with Crippen LogP contribution in [-0.4, -0.2) is 37.4 Å². The number of hydrogen-bond acceptors (Lipinski definition) is 5. The van der Waals surface area contributed by atoms with Crippen LogP contribution in [0.25, 0.3) is 0 Å². The third-order valence-corrected chi connectivity index (χ3v) is 2.41. The van der Waals surface area contributed by atoms with Gasteiger partial charge in [0.2, 0.25) is 0 Å². The highest BCUT2D eigenvalue weighted by atomic mass is 16.6. The Bertz CT molecular complexity index is 272. The van der Waals surface area contributed by atoms with E-state index in [1.165, 1.54) is 0 Å². The van der Waals surface area contributed by atoms with Gasteiger partial charge in [0, 0.05) is 6.61 Å². The van der Waals surface area contributed by atoms with Gasteiger partial charge in [-0.2, -0.15) is 0 Å². The predicted molar refractivity (Wildman–Crippen MR) is 60.4 cm³/mol. The van der Waals surface area contributed by atoms with Gasteiger partial charge in [0.05, 0.1) is 25.0 Å². The van der Waals surface area contributed by atoms with Gasteiger partial charge in [0.25, 0.3) is 0 Å². The number of ether oxygens (including phenoxy) is 3. The predicted octanol–water partition coefficient (Wildman–Crippen LogP) is 1.44. The van der Waals surface area contributed by atoms with Crippen LogP contribution in [0.1, 0.15) is 39.5 Å². The van der Waals surface area contributed by atoms with Crippen LogP contribution >= 0.6 is 0 Å². The van der Waals surface area contributed by atoms with Crippen molar-refractivity contribution in [3.05, 3.63) is 0 Å². The van der Waals surface area contributed by atoms with Crippen LogP contribution in [0.15, 0.2) is 0 Å². The number of cyclic esters (lactones) is 2. The molecule has 0 bridgehead atoms. The SMILES string of the molecule is CC1(C)COC(=O)CCC(=O)OCCCCO1. The first-order valence-electron chi connectivity index (χ1n) is 5.95. The molecule has 17 heavy (non-hydrogen) atoms. The van der Waals surface area contributed by atoms with Crippen LogP contribution in [-0.2, 0) is 23.8 Å². The third-order valence-electron chi connectivity index (χ3n) is 2.41. The Balaban J connectivity index is 2.47. The second kappa shape index (κ2) is 6.59. The molecule has 1 aliphatic heterocycles. The summed E-state index contributed by atoms with van der Waals surface area (Å²) in [6.45, 7) is 4.92. The van der Waals surface area contributed by atoms with E-state index in [1.807, 2.05) is 13.8 Å². The first kappa shape index (κ1) is 14.0. The van der Waals surface area contributed by atoms with Gasteiger partial charge in [-0.3, -0.25) is 9.59 Å². The molecule has 1 heterocycles. The normalized spacial score (nSPS) is 23.6. The van der Waals surface area contributed by atoms with Gasteiger partial charge in [0.1, 0.15) is 6.61 Å². The summed E-state index contributed by atoms with van der Waals surface area (Å²) in [4.78, 5) is 22.5. The fourth-order valence-electron chi connectivity index (χ4n) is 1.38. The van der Waals surface area contributed by atoms with E-state index in [2.05, 4.69) is 0 Å². The Morgan fingerprint density at radius 2 is 1.53 bits per heavy atom. The maximum absolute atomic E-state index is 11.3. The van der Waals surface area contributed by atoms with Gasteiger partial charge in [0.15, 0.2) is 0 Å². The summed E-state index contributed by atoms with van der Waals surface area (Å²) in [7, 11) is 0. The van der Waals surface area contributed by atoms with Crippen LogP contribution in [0.5, 0.6) is 0 Å². The van der Waals surface area contributed by atoms with Crippen molar-refractivity contribution < 1.29 is 23.8 Å². The van der Waals surface area contributed by atoms with Crippen molar-refractivity contribution >= 4 is 11.9 Å². The average Bonchev–Trinajstić information content (AvgIpc) is 2.28. The molecule has 0 radical (unpaired) electrons. The van der Waals surface area contributed by atoms with Gasteiger partial charge in [-0.25, -0.2) is 0 Å². The van der Waals surface area contributed by atoms with Gasteiger partial charge in [-0.15, -0.1) is 0 Å². The van der Waals surface area contributed by atoms with E-state index < -0.39 is 11.6 Å². The molecule has 0 atom stereocenters. The molecule has 0 N–H and O–H groups in total. The summed E-state index contributed by atoms with van der Waals surface area (Å²) in [5.41, 5.74) is -0.478. The van der Waals surface area contributed by atoms with Crippen molar-refractivity contribution in [2.45, 2.75) is 45.1 Å². The molecule has 0 amide bonds. The molecule has 5 heteroatoms.